The molecule has 1 atom stereocenters. The van der Waals surface area contributed by atoms with Crippen molar-refractivity contribution in [3.63, 3.8) is 0 Å². The Labute approximate surface area is 92.2 Å². The third kappa shape index (κ3) is 2.51. The number of piperazine rings is 1. The van der Waals surface area contributed by atoms with Crippen LogP contribution >= 0.6 is 0 Å². The van der Waals surface area contributed by atoms with Gasteiger partial charge in [-0.05, 0) is 25.7 Å². The van der Waals surface area contributed by atoms with Crippen molar-refractivity contribution in [3.8, 4) is 0 Å². The molecule has 3 nitrogen and oxygen atoms in total. The highest BCUT2D eigenvalue weighted by atomic mass is 16.2. The maximum absolute atomic E-state index is 11.7. The number of carbonyl (C=O) groups is 1. The third-order valence-electron chi connectivity index (χ3n) is 3.95. The van der Waals surface area contributed by atoms with Crippen LogP contribution in [0, 0.1) is 5.92 Å². The maximum atomic E-state index is 11.7. The van der Waals surface area contributed by atoms with Crippen molar-refractivity contribution in [1.82, 2.24) is 10.2 Å². The molecule has 1 saturated heterocycles. The minimum atomic E-state index is 0.291. The molecule has 2 aliphatic rings. The third-order valence-corrected chi connectivity index (χ3v) is 3.95. The second-order valence-electron chi connectivity index (χ2n) is 4.90. The Kier molecular flexibility index (Phi) is 3.62. The molecule has 1 unspecified atom stereocenters. The Morgan fingerprint density at radius 1 is 1.33 bits per heavy atom. The highest BCUT2D eigenvalue weighted by Gasteiger charge is 2.29. The number of hydrogen-bond acceptors (Lipinski definition) is 2. The first-order valence-electron chi connectivity index (χ1n) is 6.29. The second kappa shape index (κ2) is 4.97. The Morgan fingerprint density at radius 2 is 2.07 bits per heavy atom. The van der Waals surface area contributed by atoms with Gasteiger partial charge in [-0.2, -0.15) is 0 Å². The van der Waals surface area contributed by atoms with E-state index >= 15 is 0 Å². The predicted molar refractivity (Wildman–Crippen MR) is 60.6 cm³/mol. The van der Waals surface area contributed by atoms with Crippen LogP contribution in [0.1, 0.15) is 39.0 Å². The van der Waals surface area contributed by atoms with Gasteiger partial charge in [0.1, 0.15) is 0 Å². The fraction of sp³-hybridized carbons (Fsp3) is 0.917. The SMILES string of the molecule is CC(C1CCCCC1)N1CCNCC1=O. The van der Waals surface area contributed by atoms with Crippen LogP contribution in [0.15, 0.2) is 0 Å². The Bertz CT molecular complexity index is 224. The van der Waals surface area contributed by atoms with Gasteiger partial charge in [0.2, 0.25) is 5.91 Å². The lowest BCUT2D eigenvalue weighted by atomic mass is 9.84. The molecular weight excluding hydrogens is 188 g/mol. The van der Waals surface area contributed by atoms with Crippen LogP contribution < -0.4 is 5.32 Å². The summed E-state index contributed by atoms with van der Waals surface area (Å²) in [5.74, 6) is 1.04. The van der Waals surface area contributed by atoms with E-state index in [2.05, 4.69) is 17.1 Å². The molecule has 0 aromatic heterocycles. The standard InChI is InChI=1S/C12H22N2O/c1-10(11-5-3-2-4-6-11)14-8-7-13-9-12(14)15/h10-11,13H,2-9H2,1H3. The maximum Gasteiger partial charge on any atom is 0.236 e. The molecule has 1 saturated carbocycles. The topological polar surface area (TPSA) is 32.3 Å². The average Bonchev–Trinajstić information content (AvgIpc) is 2.30. The van der Waals surface area contributed by atoms with E-state index < -0.39 is 0 Å². The van der Waals surface area contributed by atoms with Crippen molar-refractivity contribution in [2.45, 2.75) is 45.1 Å². The van der Waals surface area contributed by atoms with Gasteiger partial charge in [0.25, 0.3) is 0 Å². The minimum absolute atomic E-state index is 0.291. The van der Waals surface area contributed by atoms with Crippen LogP contribution in [-0.2, 0) is 4.79 Å². The van der Waals surface area contributed by atoms with E-state index in [1.165, 1.54) is 32.1 Å². The molecule has 2 rings (SSSR count). The highest BCUT2D eigenvalue weighted by molar-refractivity contribution is 5.79. The van der Waals surface area contributed by atoms with E-state index in [0.717, 1.165) is 19.0 Å². The van der Waals surface area contributed by atoms with Crippen molar-refractivity contribution in [1.29, 1.82) is 0 Å². The van der Waals surface area contributed by atoms with E-state index in [4.69, 9.17) is 0 Å². The van der Waals surface area contributed by atoms with Crippen LogP contribution in [0.4, 0.5) is 0 Å². The average molecular weight is 210 g/mol. The zero-order valence-electron chi connectivity index (χ0n) is 9.67. The van der Waals surface area contributed by atoms with Gasteiger partial charge in [-0.25, -0.2) is 0 Å². The van der Waals surface area contributed by atoms with E-state index in [1.54, 1.807) is 0 Å². The fourth-order valence-corrected chi connectivity index (χ4v) is 2.92. The largest absolute Gasteiger partial charge is 0.337 e. The van der Waals surface area contributed by atoms with Crippen molar-refractivity contribution in [2.24, 2.45) is 5.92 Å². The number of nitrogens with one attached hydrogen (secondary N) is 1. The molecule has 0 radical (unpaired) electrons. The summed E-state index contributed by atoms with van der Waals surface area (Å²) in [6.45, 7) is 4.63. The summed E-state index contributed by atoms with van der Waals surface area (Å²) < 4.78 is 0. The molecule has 86 valence electrons. The highest BCUT2D eigenvalue weighted by Crippen LogP contribution is 2.29. The molecule has 15 heavy (non-hydrogen) atoms. The van der Waals surface area contributed by atoms with Crippen LogP contribution in [0.3, 0.4) is 0 Å². The monoisotopic (exact) mass is 210 g/mol. The summed E-state index contributed by atoms with van der Waals surface area (Å²) >= 11 is 0. The summed E-state index contributed by atoms with van der Waals surface area (Å²) in [7, 11) is 0. The molecule has 1 heterocycles. The molecule has 3 heteroatoms. The molecule has 0 aromatic rings. The molecule has 0 aromatic carbocycles. The molecular formula is C12H22N2O. The van der Waals surface area contributed by atoms with Gasteiger partial charge < -0.3 is 10.2 Å². The van der Waals surface area contributed by atoms with Crippen molar-refractivity contribution in [2.75, 3.05) is 19.6 Å². The molecule has 1 amide bonds. The van der Waals surface area contributed by atoms with Crippen molar-refractivity contribution >= 4 is 5.91 Å². The zero-order valence-corrected chi connectivity index (χ0v) is 9.67. The summed E-state index contributed by atoms with van der Waals surface area (Å²) in [5, 5.41) is 3.13. The van der Waals surface area contributed by atoms with Gasteiger partial charge in [-0.1, -0.05) is 19.3 Å². The van der Waals surface area contributed by atoms with E-state index in [1.807, 2.05) is 0 Å². The van der Waals surface area contributed by atoms with Gasteiger partial charge in [-0.15, -0.1) is 0 Å². The van der Waals surface area contributed by atoms with E-state index in [9.17, 15) is 4.79 Å². The van der Waals surface area contributed by atoms with Gasteiger partial charge in [0, 0.05) is 19.1 Å². The fourth-order valence-electron chi connectivity index (χ4n) is 2.92. The lowest BCUT2D eigenvalue weighted by molar-refractivity contribution is -0.135. The van der Waals surface area contributed by atoms with Gasteiger partial charge in [-0.3, -0.25) is 4.79 Å². The quantitative estimate of drug-likeness (QED) is 0.747. The summed E-state index contributed by atoms with van der Waals surface area (Å²) in [6, 6.07) is 0.458. The van der Waals surface area contributed by atoms with Crippen LogP contribution in [0.25, 0.3) is 0 Å². The number of nitrogens with zero attached hydrogens (tertiary/aromatic N) is 1. The van der Waals surface area contributed by atoms with Crippen LogP contribution in [-0.4, -0.2) is 36.5 Å². The molecule has 0 spiro atoms. The smallest absolute Gasteiger partial charge is 0.236 e. The Balaban J connectivity index is 1.92. The van der Waals surface area contributed by atoms with Crippen molar-refractivity contribution < 1.29 is 4.79 Å². The van der Waals surface area contributed by atoms with Gasteiger partial charge in [0.15, 0.2) is 0 Å². The number of rotatable bonds is 2. The van der Waals surface area contributed by atoms with Gasteiger partial charge in [0.05, 0.1) is 6.54 Å². The zero-order chi connectivity index (χ0) is 10.7. The van der Waals surface area contributed by atoms with Crippen LogP contribution in [0.5, 0.6) is 0 Å². The lowest BCUT2D eigenvalue weighted by Crippen LogP contribution is -2.53. The molecule has 1 N–H and O–H groups in total. The first kappa shape index (κ1) is 10.9. The lowest BCUT2D eigenvalue weighted by Gasteiger charge is -2.38. The molecule has 2 fully saturated rings. The first-order valence-corrected chi connectivity index (χ1v) is 6.29. The second-order valence-corrected chi connectivity index (χ2v) is 4.90. The molecule has 0 bridgehead atoms. The Hall–Kier alpha value is -0.570. The van der Waals surface area contributed by atoms with Gasteiger partial charge >= 0.3 is 0 Å². The van der Waals surface area contributed by atoms with Crippen LogP contribution in [0.2, 0.25) is 0 Å². The van der Waals surface area contributed by atoms with E-state index in [0.29, 0.717) is 18.5 Å². The number of amides is 1. The summed E-state index contributed by atoms with van der Waals surface area (Å²) in [5.41, 5.74) is 0. The predicted octanol–water partition coefficient (Wildman–Crippen LogP) is 1.39. The number of carbonyl (C=O) groups excluding carboxylic acids is 1. The normalized spacial score (nSPS) is 26.7. The number of hydrogen-bond donors (Lipinski definition) is 1. The Morgan fingerprint density at radius 3 is 2.73 bits per heavy atom. The first-order chi connectivity index (χ1) is 7.29. The minimum Gasteiger partial charge on any atom is -0.337 e. The van der Waals surface area contributed by atoms with Crippen molar-refractivity contribution in [3.05, 3.63) is 0 Å². The van der Waals surface area contributed by atoms with E-state index in [-0.39, 0.29) is 0 Å². The summed E-state index contributed by atoms with van der Waals surface area (Å²) in [6.07, 6.45) is 6.74. The summed E-state index contributed by atoms with van der Waals surface area (Å²) in [4.78, 5) is 13.8. The molecule has 1 aliphatic carbocycles. The molecule has 1 aliphatic heterocycles.